The number of nitrogens with zero attached hydrogens (tertiary/aromatic N) is 3. The summed E-state index contributed by atoms with van der Waals surface area (Å²) in [6.45, 7) is 6.45. The number of hydrogen-bond acceptors (Lipinski definition) is 6. The Kier molecular flexibility index (Phi) is 8.25. The molecule has 0 aliphatic carbocycles. The van der Waals surface area contributed by atoms with Gasteiger partial charge in [0.05, 0.1) is 15.7 Å². The number of halogens is 3. The number of H-pyrrole nitrogens is 1. The number of rotatable bonds is 7. The topological polar surface area (TPSA) is 117 Å². The summed E-state index contributed by atoms with van der Waals surface area (Å²) in [7, 11) is 0. The molecule has 1 unspecified atom stereocenters. The van der Waals surface area contributed by atoms with Gasteiger partial charge in [0.25, 0.3) is 5.56 Å². The molecule has 1 atom stereocenters. The van der Waals surface area contributed by atoms with Gasteiger partial charge in [-0.3, -0.25) is 9.59 Å². The lowest BCUT2D eigenvalue weighted by Gasteiger charge is -2.23. The second-order valence-corrected chi connectivity index (χ2v) is 11.1. The predicted molar refractivity (Wildman–Crippen MR) is 156 cm³/mol. The number of aromatic amines is 1. The molecule has 0 spiro atoms. The first-order valence-corrected chi connectivity index (χ1v) is 13.8. The van der Waals surface area contributed by atoms with E-state index >= 15 is 0 Å². The highest BCUT2D eigenvalue weighted by molar-refractivity contribution is 6.40. The van der Waals surface area contributed by atoms with Crippen molar-refractivity contribution < 1.29 is 4.79 Å². The Balaban J connectivity index is 1.41. The number of anilines is 1. The van der Waals surface area contributed by atoms with E-state index in [0.29, 0.717) is 61.8 Å². The van der Waals surface area contributed by atoms with Crippen LogP contribution in [0.2, 0.25) is 15.1 Å². The quantitative estimate of drug-likeness (QED) is 0.249. The van der Waals surface area contributed by atoms with E-state index in [9.17, 15) is 9.59 Å². The number of fused-ring (bicyclic) bond motifs is 1. The number of hydrogen-bond donors (Lipinski definition) is 4. The van der Waals surface area contributed by atoms with Gasteiger partial charge in [-0.05, 0) is 35.7 Å². The Hall–Kier alpha value is -2.95. The van der Waals surface area contributed by atoms with Gasteiger partial charge < -0.3 is 20.9 Å². The van der Waals surface area contributed by atoms with Crippen molar-refractivity contribution in [3.8, 4) is 5.69 Å². The minimum absolute atomic E-state index is 0.0414. The van der Waals surface area contributed by atoms with Crippen molar-refractivity contribution in [3.05, 3.63) is 78.9 Å². The number of piperazine rings is 1. The second-order valence-electron chi connectivity index (χ2n) is 9.86. The molecule has 0 bridgehead atoms. The number of nitrogens with one attached hydrogen (secondary N) is 4. The lowest BCUT2D eigenvalue weighted by molar-refractivity contribution is -0.116. The first-order valence-electron chi connectivity index (χ1n) is 12.7. The molecule has 1 amide bonds. The number of amides is 1. The molecule has 4 aromatic rings. The Labute approximate surface area is 240 Å². The van der Waals surface area contributed by atoms with Gasteiger partial charge in [-0.15, -0.1) is 0 Å². The average molecular weight is 589 g/mol. The van der Waals surface area contributed by atoms with E-state index < -0.39 is 0 Å². The molecule has 1 aliphatic heterocycles. The highest BCUT2D eigenvalue weighted by Gasteiger charge is 2.23. The molecule has 204 valence electrons. The minimum Gasteiger partial charge on any atom is -0.326 e. The standard InChI is InChI=1S/C27H28Cl3N7O2/c1-14(2)24-23-26(37(36-24)25-19(29)10-16(28)11-20(25)30)34-21(35-27(23)39)9-15-3-5-17(6-4-15)33-22(38)12-18-13-31-7-8-32-18/h3-6,10-11,14,18,31-32H,7-9,12-13H2,1-2H3,(H,33,38)(H,34,35,39). The van der Waals surface area contributed by atoms with Crippen LogP contribution in [0.1, 0.15) is 43.3 Å². The zero-order valence-electron chi connectivity index (χ0n) is 21.4. The maximum atomic E-state index is 13.2. The van der Waals surface area contributed by atoms with Gasteiger partial charge in [0.2, 0.25) is 5.91 Å². The number of benzene rings is 2. The first-order chi connectivity index (χ1) is 18.7. The highest BCUT2D eigenvalue weighted by Crippen LogP contribution is 2.34. The molecule has 2 aromatic carbocycles. The van der Waals surface area contributed by atoms with Crippen molar-refractivity contribution in [2.75, 3.05) is 25.0 Å². The molecular formula is C27H28Cl3N7O2. The summed E-state index contributed by atoms with van der Waals surface area (Å²) < 4.78 is 1.51. The van der Waals surface area contributed by atoms with E-state index in [-0.39, 0.29) is 23.4 Å². The van der Waals surface area contributed by atoms with E-state index in [1.165, 1.54) is 4.68 Å². The molecule has 5 rings (SSSR count). The van der Waals surface area contributed by atoms with Crippen LogP contribution >= 0.6 is 34.8 Å². The third-order valence-electron chi connectivity index (χ3n) is 6.52. The van der Waals surface area contributed by atoms with Crippen LogP contribution in [0.4, 0.5) is 5.69 Å². The van der Waals surface area contributed by atoms with Crippen molar-refractivity contribution in [3.63, 3.8) is 0 Å². The summed E-state index contributed by atoms with van der Waals surface area (Å²) in [5.41, 5.74) is 2.68. The third kappa shape index (κ3) is 6.13. The van der Waals surface area contributed by atoms with E-state index in [2.05, 4.69) is 26.0 Å². The van der Waals surface area contributed by atoms with Gasteiger partial charge in [-0.25, -0.2) is 9.67 Å². The minimum atomic E-state index is -0.291. The molecule has 0 saturated carbocycles. The lowest BCUT2D eigenvalue weighted by Crippen LogP contribution is -2.49. The summed E-state index contributed by atoms with van der Waals surface area (Å²) in [5, 5.41) is 15.6. The number of carbonyl (C=O) groups excluding carboxylic acids is 1. The summed E-state index contributed by atoms with van der Waals surface area (Å²) in [5.74, 6) is 0.368. The fraction of sp³-hybridized carbons (Fsp3) is 0.333. The molecule has 39 heavy (non-hydrogen) atoms. The van der Waals surface area contributed by atoms with Crippen LogP contribution in [-0.4, -0.2) is 51.3 Å². The van der Waals surface area contributed by atoms with Crippen LogP contribution in [0.15, 0.2) is 41.2 Å². The molecule has 12 heteroatoms. The molecule has 4 N–H and O–H groups in total. The maximum absolute atomic E-state index is 13.2. The fourth-order valence-corrected chi connectivity index (χ4v) is 5.65. The number of carbonyl (C=O) groups is 1. The maximum Gasteiger partial charge on any atom is 0.262 e. The number of aromatic nitrogens is 4. The van der Waals surface area contributed by atoms with Gasteiger partial charge in [0.15, 0.2) is 5.65 Å². The molecule has 9 nitrogen and oxygen atoms in total. The molecule has 1 fully saturated rings. The Morgan fingerprint density at radius 1 is 1.13 bits per heavy atom. The normalized spacial score (nSPS) is 15.7. The summed E-state index contributed by atoms with van der Waals surface area (Å²) >= 11 is 19.1. The van der Waals surface area contributed by atoms with Crippen molar-refractivity contribution in [2.45, 2.75) is 38.6 Å². The van der Waals surface area contributed by atoms with Crippen molar-refractivity contribution in [2.24, 2.45) is 0 Å². The van der Waals surface area contributed by atoms with Crippen molar-refractivity contribution in [1.29, 1.82) is 0 Å². The van der Waals surface area contributed by atoms with E-state index in [1.807, 2.05) is 38.1 Å². The Morgan fingerprint density at radius 3 is 2.49 bits per heavy atom. The zero-order valence-corrected chi connectivity index (χ0v) is 23.7. The SMILES string of the molecule is CC(C)c1nn(-c2c(Cl)cc(Cl)cc2Cl)c2nc(Cc3ccc(NC(=O)CC4CNCCN4)cc3)[nH]c(=O)c12. The van der Waals surface area contributed by atoms with Gasteiger partial charge in [-0.1, -0.05) is 60.8 Å². The van der Waals surface area contributed by atoms with E-state index in [4.69, 9.17) is 39.8 Å². The van der Waals surface area contributed by atoms with Crippen LogP contribution in [-0.2, 0) is 11.2 Å². The summed E-state index contributed by atoms with van der Waals surface area (Å²) in [6, 6.07) is 10.7. The van der Waals surface area contributed by atoms with Gasteiger partial charge in [0.1, 0.15) is 16.9 Å². The van der Waals surface area contributed by atoms with Crippen LogP contribution in [0.3, 0.4) is 0 Å². The monoisotopic (exact) mass is 587 g/mol. The van der Waals surface area contributed by atoms with Crippen LogP contribution in [0, 0.1) is 0 Å². The van der Waals surface area contributed by atoms with E-state index in [1.54, 1.807) is 12.1 Å². The molecule has 2 aromatic heterocycles. The summed E-state index contributed by atoms with van der Waals surface area (Å²) in [6.07, 6.45) is 0.759. The molecule has 3 heterocycles. The van der Waals surface area contributed by atoms with Crippen molar-refractivity contribution >= 4 is 57.4 Å². The highest BCUT2D eigenvalue weighted by atomic mass is 35.5. The van der Waals surface area contributed by atoms with Crippen LogP contribution in [0.5, 0.6) is 0 Å². The van der Waals surface area contributed by atoms with Gasteiger partial charge >= 0.3 is 0 Å². The van der Waals surface area contributed by atoms with Crippen LogP contribution < -0.4 is 21.5 Å². The smallest absolute Gasteiger partial charge is 0.262 e. The fourth-order valence-electron chi connectivity index (χ4n) is 4.67. The Morgan fingerprint density at radius 2 is 1.85 bits per heavy atom. The zero-order chi connectivity index (χ0) is 27.7. The van der Waals surface area contributed by atoms with E-state index in [0.717, 1.165) is 25.2 Å². The lowest BCUT2D eigenvalue weighted by atomic mass is 10.1. The summed E-state index contributed by atoms with van der Waals surface area (Å²) in [4.78, 5) is 33.3. The second kappa shape index (κ2) is 11.7. The van der Waals surface area contributed by atoms with Gasteiger partial charge in [0, 0.05) is 49.2 Å². The van der Waals surface area contributed by atoms with Crippen molar-refractivity contribution in [1.82, 2.24) is 30.4 Å². The first kappa shape index (κ1) is 27.6. The Bertz CT molecular complexity index is 1550. The third-order valence-corrected chi connectivity index (χ3v) is 7.32. The predicted octanol–water partition coefficient (Wildman–Crippen LogP) is 4.67. The van der Waals surface area contributed by atoms with Gasteiger partial charge in [-0.2, -0.15) is 5.10 Å². The molecule has 1 aliphatic rings. The largest absolute Gasteiger partial charge is 0.326 e. The van der Waals surface area contributed by atoms with Crippen LogP contribution in [0.25, 0.3) is 16.7 Å². The molecule has 0 radical (unpaired) electrons. The molecular weight excluding hydrogens is 561 g/mol. The average Bonchev–Trinajstić information content (AvgIpc) is 3.25. The molecule has 1 saturated heterocycles.